The quantitative estimate of drug-likeness (QED) is 0.384. The van der Waals surface area contributed by atoms with Crippen molar-refractivity contribution in [2.75, 3.05) is 13.1 Å². The first-order valence-electron chi connectivity index (χ1n) is 3.53. The Kier molecular flexibility index (Phi) is 2.11. The average molecular weight is 142 g/mol. The van der Waals surface area contributed by atoms with Crippen LogP contribution in [0.5, 0.6) is 0 Å². The molecule has 0 atom stereocenters. The maximum Gasteiger partial charge on any atom is 0.208 e. The zero-order valence-electron chi connectivity index (χ0n) is 6.46. The molecule has 0 aliphatic carbocycles. The molecule has 0 spiro atoms. The van der Waals surface area contributed by atoms with E-state index >= 15 is 0 Å². The Hall–Kier alpha value is -0.770. The van der Waals surface area contributed by atoms with Gasteiger partial charge in [0.2, 0.25) is 5.96 Å². The van der Waals surface area contributed by atoms with Crippen LogP contribution >= 0.6 is 0 Å². The monoisotopic (exact) mass is 142 g/mol. The first kappa shape index (κ1) is 7.34. The molecular weight excluding hydrogens is 128 g/mol. The second-order valence-electron chi connectivity index (χ2n) is 2.64. The fourth-order valence-electron chi connectivity index (χ4n) is 1.09. The van der Waals surface area contributed by atoms with Crippen LogP contribution in [0.15, 0.2) is 4.99 Å². The van der Waals surface area contributed by atoms with E-state index in [0.717, 1.165) is 19.0 Å². The molecule has 1 rings (SSSR count). The molecule has 0 saturated heterocycles. The number of nitrogens with zero attached hydrogens (tertiary/aromatic N) is 2. The number of guanidine groups is 1. The minimum atomic E-state index is 0.484. The summed E-state index contributed by atoms with van der Waals surface area (Å²) >= 11 is 0. The number of nitrogens with two attached hydrogens (primary N) is 1. The molecule has 0 radical (unpaired) electrons. The van der Waals surface area contributed by atoms with Crippen molar-refractivity contribution < 1.29 is 0 Å². The molecule has 0 saturated carbocycles. The predicted molar refractivity (Wildman–Crippen MR) is 41.5 cm³/mol. The van der Waals surface area contributed by atoms with Gasteiger partial charge in [-0.1, -0.05) is 0 Å². The highest BCUT2D eigenvalue weighted by Crippen LogP contribution is 2.03. The molecule has 0 bridgehead atoms. The van der Waals surface area contributed by atoms with Crippen molar-refractivity contribution in [2.24, 2.45) is 10.8 Å². The lowest BCUT2D eigenvalue weighted by atomic mass is 10.3. The summed E-state index contributed by atoms with van der Waals surface area (Å²) in [6.45, 7) is 6.09. The van der Waals surface area contributed by atoms with Gasteiger partial charge in [0.05, 0.1) is 6.54 Å². The van der Waals surface area contributed by atoms with Crippen molar-refractivity contribution in [3.05, 3.63) is 0 Å². The van der Waals surface area contributed by atoms with Gasteiger partial charge in [-0.15, -0.1) is 0 Å². The lowest BCUT2D eigenvalue weighted by molar-refractivity contribution is 0.370. The van der Waals surface area contributed by atoms with Gasteiger partial charge in [0.25, 0.3) is 0 Å². The summed E-state index contributed by atoms with van der Waals surface area (Å²) in [5, 5.41) is 0. The van der Waals surface area contributed by atoms with Crippen LogP contribution in [0, 0.1) is 0 Å². The molecule has 1 aliphatic heterocycles. The van der Waals surface area contributed by atoms with Crippen LogP contribution in [0.25, 0.3) is 0 Å². The van der Waals surface area contributed by atoms with E-state index in [1.165, 1.54) is 0 Å². The summed E-state index contributed by atoms with van der Waals surface area (Å²) in [5.74, 6) is 6.05. The zero-order chi connectivity index (χ0) is 7.56. The summed E-state index contributed by atoms with van der Waals surface area (Å²) in [4.78, 5) is 6.30. The molecule has 0 fully saturated rings. The van der Waals surface area contributed by atoms with Crippen LogP contribution in [0.4, 0.5) is 0 Å². The van der Waals surface area contributed by atoms with Gasteiger partial charge in [-0.3, -0.25) is 10.4 Å². The van der Waals surface area contributed by atoms with Gasteiger partial charge < -0.3 is 4.90 Å². The number of hydrogen-bond donors (Lipinski definition) is 2. The third-order valence-electron chi connectivity index (χ3n) is 1.63. The maximum atomic E-state index is 5.24. The molecule has 58 valence electrons. The minimum Gasteiger partial charge on any atom is -0.338 e. The Morgan fingerprint density at radius 3 is 2.80 bits per heavy atom. The molecule has 0 amide bonds. The van der Waals surface area contributed by atoms with Gasteiger partial charge in [-0.25, -0.2) is 5.84 Å². The third kappa shape index (κ3) is 1.21. The number of rotatable bonds is 1. The summed E-state index contributed by atoms with van der Waals surface area (Å²) in [7, 11) is 0. The van der Waals surface area contributed by atoms with Crippen LogP contribution in [-0.2, 0) is 0 Å². The second-order valence-corrected chi connectivity index (χ2v) is 2.64. The van der Waals surface area contributed by atoms with Crippen molar-refractivity contribution >= 4 is 5.96 Å². The lowest BCUT2D eigenvalue weighted by Crippen LogP contribution is -2.45. The molecular formula is C6H14N4. The van der Waals surface area contributed by atoms with E-state index in [2.05, 4.69) is 29.2 Å². The smallest absolute Gasteiger partial charge is 0.208 e. The van der Waals surface area contributed by atoms with Crippen LogP contribution in [0.1, 0.15) is 13.8 Å². The van der Waals surface area contributed by atoms with Gasteiger partial charge in [-0.05, 0) is 13.8 Å². The van der Waals surface area contributed by atoms with Crippen molar-refractivity contribution in [2.45, 2.75) is 19.9 Å². The first-order chi connectivity index (χ1) is 4.75. The number of aliphatic imine (C=N–C) groups is 1. The van der Waals surface area contributed by atoms with E-state index in [1.807, 2.05) is 0 Å². The van der Waals surface area contributed by atoms with E-state index in [-0.39, 0.29) is 0 Å². The summed E-state index contributed by atoms with van der Waals surface area (Å²) in [5.41, 5.74) is 2.57. The Balaban J connectivity index is 2.54. The summed E-state index contributed by atoms with van der Waals surface area (Å²) < 4.78 is 0. The molecule has 1 aliphatic rings. The van der Waals surface area contributed by atoms with Crippen LogP contribution in [0.2, 0.25) is 0 Å². The zero-order valence-corrected chi connectivity index (χ0v) is 6.46. The topological polar surface area (TPSA) is 53.6 Å². The number of nitrogens with one attached hydrogen (secondary N) is 1. The van der Waals surface area contributed by atoms with Gasteiger partial charge >= 0.3 is 0 Å². The fraction of sp³-hybridized carbons (Fsp3) is 0.833. The molecule has 4 nitrogen and oxygen atoms in total. The molecule has 3 N–H and O–H groups in total. The van der Waals surface area contributed by atoms with Gasteiger partial charge in [-0.2, -0.15) is 0 Å². The van der Waals surface area contributed by atoms with Gasteiger partial charge in [0, 0.05) is 12.6 Å². The normalized spacial score (nSPS) is 18.0. The average Bonchev–Trinajstić information content (AvgIpc) is 2.33. The standard InChI is InChI=1S/C6H14N4/c1-5(2)10-4-3-8-6(10)9-7/h5H,3-4,7H2,1-2H3,(H,8,9). The van der Waals surface area contributed by atoms with E-state index in [4.69, 9.17) is 5.84 Å². The van der Waals surface area contributed by atoms with Crippen molar-refractivity contribution in [1.82, 2.24) is 10.3 Å². The highest BCUT2D eigenvalue weighted by molar-refractivity contribution is 5.81. The van der Waals surface area contributed by atoms with E-state index in [1.54, 1.807) is 0 Å². The fourth-order valence-corrected chi connectivity index (χ4v) is 1.09. The largest absolute Gasteiger partial charge is 0.338 e. The van der Waals surface area contributed by atoms with Crippen LogP contribution in [-0.4, -0.2) is 30.0 Å². The lowest BCUT2D eigenvalue weighted by Gasteiger charge is -2.23. The van der Waals surface area contributed by atoms with Gasteiger partial charge in [0.1, 0.15) is 0 Å². The Bertz CT molecular complexity index is 141. The van der Waals surface area contributed by atoms with E-state index < -0.39 is 0 Å². The van der Waals surface area contributed by atoms with Crippen LogP contribution < -0.4 is 11.3 Å². The Morgan fingerprint density at radius 1 is 1.70 bits per heavy atom. The third-order valence-corrected chi connectivity index (χ3v) is 1.63. The highest BCUT2D eigenvalue weighted by atomic mass is 15.4. The molecule has 0 aromatic heterocycles. The van der Waals surface area contributed by atoms with E-state index in [0.29, 0.717) is 6.04 Å². The molecule has 1 heterocycles. The molecule has 10 heavy (non-hydrogen) atoms. The first-order valence-corrected chi connectivity index (χ1v) is 3.53. The molecule has 4 heteroatoms. The maximum absolute atomic E-state index is 5.24. The van der Waals surface area contributed by atoms with Crippen LogP contribution in [0.3, 0.4) is 0 Å². The van der Waals surface area contributed by atoms with Gasteiger partial charge in [0.15, 0.2) is 0 Å². The van der Waals surface area contributed by atoms with Crippen molar-refractivity contribution in [3.8, 4) is 0 Å². The summed E-state index contributed by atoms with van der Waals surface area (Å²) in [6, 6.07) is 0.484. The predicted octanol–water partition coefficient (Wildman–Crippen LogP) is -0.470. The second kappa shape index (κ2) is 2.88. The minimum absolute atomic E-state index is 0.484. The Labute approximate surface area is 61.1 Å². The Morgan fingerprint density at radius 2 is 2.40 bits per heavy atom. The number of hydrogen-bond acceptors (Lipinski definition) is 4. The number of hydrazine groups is 1. The molecule has 0 aromatic rings. The summed E-state index contributed by atoms with van der Waals surface area (Å²) in [6.07, 6.45) is 0. The van der Waals surface area contributed by atoms with E-state index in [9.17, 15) is 0 Å². The molecule has 0 aromatic carbocycles. The molecule has 0 unspecified atom stereocenters. The van der Waals surface area contributed by atoms with Crippen molar-refractivity contribution in [3.63, 3.8) is 0 Å². The van der Waals surface area contributed by atoms with Crippen molar-refractivity contribution in [1.29, 1.82) is 0 Å². The SMILES string of the molecule is CC(C)N1CCN=C1NN. The highest BCUT2D eigenvalue weighted by Gasteiger charge is 2.17.